The van der Waals surface area contributed by atoms with Crippen LogP contribution < -0.4 is 4.90 Å². The van der Waals surface area contributed by atoms with E-state index in [2.05, 4.69) is 28.6 Å². The number of aromatic nitrogens is 2. The quantitative estimate of drug-likeness (QED) is 0.488. The maximum Gasteiger partial charge on any atom is 0.327 e. The molecule has 0 saturated carbocycles. The van der Waals surface area contributed by atoms with E-state index in [0.717, 1.165) is 42.5 Å². The van der Waals surface area contributed by atoms with Gasteiger partial charge in [0.2, 0.25) is 5.13 Å². The van der Waals surface area contributed by atoms with Crippen LogP contribution in [0.1, 0.15) is 37.6 Å². The molecule has 26 heavy (non-hydrogen) atoms. The van der Waals surface area contributed by atoms with E-state index >= 15 is 0 Å². The average molecular weight is 380 g/mol. The van der Waals surface area contributed by atoms with E-state index in [4.69, 9.17) is 4.74 Å². The fraction of sp³-hybridized carbons (Fsp3) is 0.722. The van der Waals surface area contributed by atoms with E-state index in [-0.39, 0.29) is 12.2 Å². The number of hydrogen-bond acceptors (Lipinski definition) is 6. The van der Waals surface area contributed by atoms with Gasteiger partial charge < -0.3 is 9.64 Å². The first-order valence-corrected chi connectivity index (χ1v) is 10.4. The van der Waals surface area contributed by atoms with Gasteiger partial charge in [0.1, 0.15) is 11.2 Å². The molecular weight excluding hydrogens is 350 g/mol. The summed E-state index contributed by atoms with van der Waals surface area (Å²) in [5.41, 5.74) is 0. The molecule has 3 heterocycles. The molecule has 0 spiro atoms. The molecule has 144 valence electrons. The zero-order valence-corrected chi connectivity index (χ0v) is 16.4. The molecule has 1 aromatic rings. The fourth-order valence-corrected chi connectivity index (χ4v) is 4.32. The van der Waals surface area contributed by atoms with Crippen molar-refractivity contribution in [1.82, 2.24) is 20.0 Å². The lowest BCUT2D eigenvalue weighted by Crippen LogP contribution is -2.51. The largest absolute Gasteiger partial charge is 0.379 e. The lowest BCUT2D eigenvalue weighted by Gasteiger charge is -2.34. The summed E-state index contributed by atoms with van der Waals surface area (Å²) in [6.45, 7) is 10.5. The van der Waals surface area contributed by atoms with Gasteiger partial charge in [-0.3, -0.25) is 4.90 Å². The lowest BCUT2D eigenvalue weighted by atomic mass is 10.2. The standard InChI is InChI=1S/C18H29N5O2S/c1-3-5-7-8-15-19-20-17(26-15)23-16(21-10-12-25-13-11-21)14-22(18(23)24)9-6-4-2/h4,16H,2-3,5-14H2,1H3. The van der Waals surface area contributed by atoms with Crippen LogP contribution in [0.3, 0.4) is 0 Å². The van der Waals surface area contributed by atoms with Gasteiger partial charge >= 0.3 is 6.03 Å². The molecule has 3 rings (SSSR count). The normalized spacial score (nSPS) is 21.6. The Morgan fingerprint density at radius 1 is 1.31 bits per heavy atom. The summed E-state index contributed by atoms with van der Waals surface area (Å²) in [7, 11) is 0. The average Bonchev–Trinajstić information content (AvgIpc) is 3.25. The first-order valence-electron chi connectivity index (χ1n) is 9.57. The number of carbonyl (C=O) groups excluding carboxylic acids is 1. The predicted octanol–water partition coefficient (Wildman–Crippen LogP) is 2.75. The molecule has 2 aliphatic heterocycles. The molecule has 0 bridgehead atoms. The SMILES string of the molecule is C=CCCN1CC(N2CCOCC2)N(c2nnc(CCCCC)s2)C1=O. The van der Waals surface area contributed by atoms with Crippen LogP contribution in [0.4, 0.5) is 9.93 Å². The van der Waals surface area contributed by atoms with Crippen molar-refractivity contribution in [2.45, 2.75) is 45.2 Å². The summed E-state index contributed by atoms with van der Waals surface area (Å²) in [4.78, 5) is 19.1. The molecule has 0 aromatic carbocycles. The number of morpholine rings is 1. The second kappa shape index (κ2) is 9.43. The van der Waals surface area contributed by atoms with Gasteiger partial charge in [0.25, 0.3) is 0 Å². The van der Waals surface area contributed by atoms with E-state index in [1.807, 2.05) is 15.9 Å². The smallest absolute Gasteiger partial charge is 0.327 e. The molecule has 0 N–H and O–H groups in total. The Morgan fingerprint density at radius 3 is 2.85 bits per heavy atom. The van der Waals surface area contributed by atoms with Crippen LogP contribution in [0.15, 0.2) is 12.7 Å². The van der Waals surface area contributed by atoms with E-state index in [1.54, 1.807) is 11.3 Å². The van der Waals surface area contributed by atoms with E-state index in [1.165, 1.54) is 12.8 Å². The summed E-state index contributed by atoms with van der Waals surface area (Å²) in [6, 6.07) is 0.0274. The van der Waals surface area contributed by atoms with Gasteiger partial charge in [0.15, 0.2) is 0 Å². The molecule has 2 amide bonds. The molecule has 7 nitrogen and oxygen atoms in total. The first-order chi connectivity index (χ1) is 12.7. The van der Waals surface area contributed by atoms with Gasteiger partial charge in [-0.2, -0.15) is 0 Å². The van der Waals surface area contributed by atoms with Crippen LogP contribution >= 0.6 is 11.3 Å². The van der Waals surface area contributed by atoms with Crippen LogP contribution in [0.5, 0.6) is 0 Å². The lowest BCUT2D eigenvalue weighted by molar-refractivity contribution is 0.0189. The molecule has 2 aliphatic rings. The van der Waals surface area contributed by atoms with Gasteiger partial charge in [-0.1, -0.05) is 37.2 Å². The number of ether oxygens (including phenoxy) is 1. The molecule has 0 radical (unpaired) electrons. The Bertz CT molecular complexity index is 602. The van der Waals surface area contributed by atoms with Crippen molar-refractivity contribution in [3.63, 3.8) is 0 Å². The third kappa shape index (κ3) is 4.42. The van der Waals surface area contributed by atoms with Crippen LogP contribution in [0.25, 0.3) is 0 Å². The van der Waals surface area contributed by atoms with Crippen molar-refractivity contribution in [3.05, 3.63) is 17.7 Å². The highest BCUT2D eigenvalue weighted by Crippen LogP contribution is 2.30. The molecule has 1 aromatic heterocycles. The monoisotopic (exact) mass is 379 g/mol. The van der Waals surface area contributed by atoms with Crippen LogP contribution in [0.2, 0.25) is 0 Å². The first kappa shape index (κ1) is 19.3. The molecule has 2 fully saturated rings. The summed E-state index contributed by atoms with van der Waals surface area (Å²) in [5, 5.41) is 10.4. The van der Waals surface area contributed by atoms with Gasteiger partial charge in [0.05, 0.1) is 19.8 Å². The van der Waals surface area contributed by atoms with Crippen LogP contribution in [0, 0.1) is 0 Å². The number of aryl methyl sites for hydroxylation is 1. The number of anilines is 1. The summed E-state index contributed by atoms with van der Waals surface area (Å²) >= 11 is 1.56. The Kier molecular flexibility index (Phi) is 6.99. The summed E-state index contributed by atoms with van der Waals surface area (Å²) in [5.74, 6) is 0. The maximum absolute atomic E-state index is 13.0. The zero-order chi connectivity index (χ0) is 18.4. The van der Waals surface area contributed by atoms with E-state index < -0.39 is 0 Å². The molecule has 1 unspecified atom stereocenters. The number of rotatable bonds is 9. The summed E-state index contributed by atoms with van der Waals surface area (Å²) in [6.07, 6.45) is 7.11. The Morgan fingerprint density at radius 2 is 2.12 bits per heavy atom. The highest BCUT2D eigenvalue weighted by molar-refractivity contribution is 7.15. The minimum atomic E-state index is 0.00709. The van der Waals surface area contributed by atoms with Crippen molar-refractivity contribution in [3.8, 4) is 0 Å². The van der Waals surface area contributed by atoms with Crippen molar-refractivity contribution in [1.29, 1.82) is 0 Å². The van der Waals surface area contributed by atoms with Crippen LogP contribution in [-0.2, 0) is 11.2 Å². The Hall–Kier alpha value is -1.51. The number of amides is 2. The molecule has 1 atom stereocenters. The molecule has 8 heteroatoms. The highest BCUT2D eigenvalue weighted by Gasteiger charge is 2.43. The maximum atomic E-state index is 13.0. The number of hydrogen-bond donors (Lipinski definition) is 0. The Labute approximate surface area is 159 Å². The van der Waals surface area contributed by atoms with Crippen molar-refractivity contribution in [2.75, 3.05) is 44.3 Å². The molecule has 2 saturated heterocycles. The minimum Gasteiger partial charge on any atom is -0.379 e. The molecular formula is C18H29N5O2S. The third-order valence-electron chi connectivity index (χ3n) is 4.89. The number of unbranched alkanes of at least 4 members (excludes halogenated alkanes) is 2. The summed E-state index contributed by atoms with van der Waals surface area (Å²) < 4.78 is 5.48. The zero-order valence-electron chi connectivity index (χ0n) is 15.6. The number of nitrogens with zero attached hydrogens (tertiary/aromatic N) is 5. The number of carbonyl (C=O) groups is 1. The highest BCUT2D eigenvalue weighted by atomic mass is 32.1. The predicted molar refractivity (Wildman–Crippen MR) is 104 cm³/mol. The third-order valence-corrected chi connectivity index (χ3v) is 5.87. The number of urea groups is 1. The second-order valence-electron chi connectivity index (χ2n) is 6.74. The fourth-order valence-electron chi connectivity index (χ4n) is 3.40. The van der Waals surface area contributed by atoms with Gasteiger partial charge in [-0.25, -0.2) is 9.69 Å². The second-order valence-corrected chi connectivity index (χ2v) is 7.78. The van der Waals surface area contributed by atoms with Crippen molar-refractivity contribution < 1.29 is 9.53 Å². The van der Waals surface area contributed by atoms with Gasteiger partial charge in [0, 0.05) is 26.1 Å². The van der Waals surface area contributed by atoms with Crippen molar-refractivity contribution in [2.24, 2.45) is 0 Å². The van der Waals surface area contributed by atoms with E-state index in [0.29, 0.717) is 26.3 Å². The van der Waals surface area contributed by atoms with E-state index in [9.17, 15) is 4.79 Å². The minimum absolute atomic E-state index is 0.00709. The molecule has 0 aliphatic carbocycles. The topological polar surface area (TPSA) is 61.8 Å². The Balaban J connectivity index is 1.75. The van der Waals surface area contributed by atoms with Gasteiger partial charge in [-0.15, -0.1) is 16.8 Å². The van der Waals surface area contributed by atoms with Gasteiger partial charge in [-0.05, 0) is 12.8 Å². The van der Waals surface area contributed by atoms with Crippen molar-refractivity contribution >= 4 is 22.5 Å². The van der Waals surface area contributed by atoms with Crippen LogP contribution in [-0.4, -0.2) is 71.6 Å².